The van der Waals surface area contributed by atoms with E-state index in [4.69, 9.17) is 10.5 Å². The standard InChI is InChI=1S/C22H22N4O4/c1-14(2)15-8-10-16(11-9-15)20-18(21(28)30-13-19(27)24-22(23)29)12-26(25-20)17-6-4-3-5-7-17/h3-12,14H,13H2,1-2H3,(H3,23,24,27,29). The lowest BCUT2D eigenvalue weighted by Crippen LogP contribution is -2.37. The number of hydrogen-bond acceptors (Lipinski definition) is 5. The summed E-state index contributed by atoms with van der Waals surface area (Å²) in [5.41, 5.74) is 8.18. The molecular weight excluding hydrogens is 384 g/mol. The second-order valence-corrected chi connectivity index (χ2v) is 6.94. The van der Waals surface area contributed by atoms with Gasteiger partial charge in [0, 0.05) is 11.8 Å². The Morgan fingerprint density at radius 1 is 1.07 bits per heavy atom. The van der Waals surface area contributed by atoms with Gasteiger partial charge in [-0.15, -0.1) is 0 Å². The predicted octanol–water partition coefficient (Wildman–Crippen LogP) is 3.01. The van der Waals surface area contributed by atoms with Crippen molar-refractivity contribution in [1.82, 2.24) is 15.1 Å². The van der Waals surface area contributed by atoms with Gasteiger partial charge in [-0.25, -0.2) is 14.3 Å². The Morgan fingerprint density at radius 3 is 2.33 bits per heavy atom. The molecule has 0 unspecified atom stereocenters. The van der Waals surface area contributed by atoms with E-state index in [-0.39, 0.29) is 5.56 Å². The van der Waals surface area contributed by atoms with E-state index in [0.29, 0.717) is 11.6 Å². The number of urea groups is 1. The molecule has 0 aliphatic rings. The molecule has 3 rings (SSSR count). The van der Waals surface area contributed by atoms with Crippen LogP contribution in [0.3, 0.4) is 0 Å². The lowest BCUT2D eigenvalue weighted by molar-refractivity contribution is -0.123. The van der Waals surface area contributed by atoms with Gasteiger partial charge in [-0.3, -0.25) is 10.1 Å². The molecule has 0 aliphatic carbocycles. The van der Waals surface area contributed by atoms with Gasteiger partial charge in [-0.05, 0) is 23.6 Å². The first-order valence-electron chi connectivity index (χ1n) is 9.37. The highest BCUT2D eigenvalue weighted by Crippen LogP contribution is 2.26. The number of nitrogens with two attached hydrogens (primary N) is 1. The van der Waals surface area contributed by atoms with Crippen molar-refractivity contribution in [3.63, 3.8) is 0 Å². The molecule has 0 bridgehead atoms. The molecule has 3 aromatic rings. The molecule has 0 saturated heterocycles. The van der Waals surface area contributed by atoms with E-state index in [2.05, 4.69) is 18.9 Å². The van der Waals surface area contributed by atoms with Crippen LogP contribution in [0.4, 0.5) is 4.79 Å². The van der Waals surface area contributed by atoms with Gasteiger partial charge in [-0.1, -0.05) is 56.3 Å². The fourth-order valence-electron chi connectivity index (χ4n) is 2.86. The van der Waals surface area contributed by atoms with Crippen molar-refractivity contribution in [1.29, 1.82) is 0 Å². The van der Waals surface area contributed by atoms with E-state index >= 15 is 0 Å². The number of nitrogens with one attached hydrogen (secondary N) is 1. The minimum Gasteiger partial charge on any atom is -0.452 e. The minimum absolute atomic E-state index is 0.197. The van der Waals surface area contributed by atoms with Gasteiger partial charge in [0.15, 0.2) is 6.61 Å². The van der Waals surface area contributed by atoms with Crippen molar-refractivity contribution < 1.29 is 19.1 Å². The maximum absolute atomic E-state index is 12.7. The molecule has 0 radical (unpaired) electrons. The molecule has 3 amide bonds. The molecule has 1 aromatic heterocycles. The van der Waals surface area contributed by atoms with Crippen molar-refractivity contribution >= 4 is 17.9 Å². The Hall–Kier alpha value is -3.94. The number of ether oxygens (including phenoxy) is 1. The summed E-state index contributed by atoms with van der Waals surface area (Å²) >= 11 is 0. The van der Waals surface area contributed by atoms with Crippen molar-refractivity contribution in [3.8, 4) is 16.9 Å². The number of aromatic nitrogens is 2. The summed E-state index contributed by atoms with van der Waals surface area (Å²) < 4.78 is 6.63. The second kappa shape index (κ2) is 9.04. The molecule has 0 atom stereocenters. The SMILES string of the molecule is CC(C)c1ccc(-c2nn(-c3ccccc3)cc2C(=O)OCC(=O)NC(N)=O)cc1. The van der Waals surface area contributed by atoms with Crippen molar-refractivity contribution in [3.05, 3.63) is 71.9 Å². The van der Waals surface area contributed by atoms with Crippen molar-refractivity contribution in [2.75, 3.05) is 6.61 Å². The van der Waals surface area contributed by atoms with E-state index in [9.17, 15) is 14.4 Å². The van der Waals surface area contributed by atoms with Gasteiger partial charge in [0.05, 0.1) is 5.69 Å². The number of hydrogen-bond donors (Lipinski definition) is 2. The highest BCUT2D eigenvalue weighted by atomic mass is 16.5. The van der Waals surface area contributed by atoms with E-state index in [0.717, 1.165) is 16.8 Å². The second-order valence-electron chi connectivity index (χ2n) is 6.94. The van der Waals surface area contributed by atoms with Crippen LogP contribution in [0, 0.1) is 0 Å². The number of primary amides is 1. The summed E-state index contributed by atoms with van der Waals surface area (Å²) in [6.45, 7) is 3.56. The Morgan fingerprint density at radius 2 is 1.73 bits per heavy atom. The van der Waals surface area contributed by atoms with Crippen LogP contribution in [0.2, 0.25) is 0 Å². The Bertz CT molecular complexity index is 1060. The summed E-state index contributed by atoms with van der Waals surface area (Å²) in [6.07, 6.45) is 1.55. The highest BCUT2D eigenvalue weighted by molar-refractivity contribution is 5.99. The lowest BCUT2D eigenvalue weighted by atomic mass is 10.00. The zero-order valence-electron chi connectivity index (χ0n) is 16.7. The van der Waals surface area contributed by atoms with Gasteiger partial charge in [0.25, 0.3) is 5.91 Å². The quantitative estimate of drug-likeness (QED) is 0.611. The number of benzene rings is 2. The highest BCUT2D eigenvalue weighted by Gasteiger charge is 2.21. The summed E-state index contributed by atoms with van der Waals surface area (Å²) in [5.74, 6) is -1.18. The molecule has 30 heavy (non-hydrogen) atoms. The number of esters is 1. The molecule has 154 valence electrons. The molecule has 0 aliphatic heterocycles. The first-order valence-corrected chi connectivity index (χ1v) is 9.37. The van der Waals surface area contributed by atoms with Crippen LogP contribution >= 0.6 is 0 Å². The van der Waals surface area contributed by atoms with E-state index in [1.807, 2.05) is 59.9 Å². The van der Waals surface area contributed by atoms with Crippen LogP contribution in [-0.4, -0.2) is 34.3 Å². The van der Waals surface area contributed by atoms with Gasteiger partial charge in [-0.2, -0.15) is 5.10 Å². The summed E-state index contributed by atoms with van der Waals surface area (Å²) in [6, 6.07) is 16.0. The van der Waals surface area contributed by atoms with Gasteiger partial charge >= 0.3 is 12.0 Å². The van der Waals surface area contributed by atoms with Crippen molar-refractivity contribution in [2.45, 2.75) is 19.8 Å². The van der Waals surface area contributed by atoms with Crippen LogP contribution in [-0.2, 0) is 9.53 Å². The van der Waals surface area contributed by atoms with E-state index < -0.39 is 24.5 Å². The average Bonchev–Trinajstić information content (AvgIpc) is 3.18. The maximum atomic E-state index is 12.7. The van der Waals surface area contributed by atoms with Crippen LogP contribution in [0.25, 0.3) is 16.9 Å². The van der Waals surface area contributed by atoms with Crippen LogP contribution in [0.15, 0.2) is 60.8 Å². The molecule has 0 spiro atoms. The maximum Gasteiger partial charge on any atom is 0.342 e. The Balaban J connectivity index is 1.93. The number of rotatable bonds is 6. The number of nitrogens with zero attached hydrogens (tertiary/aromatic N) is 2. The number of imide groups is 1. The Labute approximate surface area is 173 Å². The fraction of sp³-hybridized carbons (Fsp3) is 0.182. The largest absolute Gasteiger partial charge is 0.452 e. The lowest BCUT2D eigenvalue weighted by Gasteiger charge is -2.07. The summed E-state index contributed by atoms with van der Waals surface area (Å²) in [4.78, 5) is 35.0. The zero-order chi connectivity index (χ0) is 21.7. The van der Waals surface area contributed by atoms with Crippen LogP contribution in [0.1, 0.15) is 35.7 Å². The number of amides is 3. The molecule has 2 aromatic carbocycles. The Kier molecular flexibility index (Phi) is 6.26. The van der Waals surface area contributed by atoms with Gasteiger partial charge < -0.3 is 10.5 Å². The zero-order valence-corrected chi connectivity index (χ0v) is 16.7. The molecule has 1 heterocycles. The third-order valence-corrected chi connectivity index (χ3v) is 4.40. The molecule has 0 fully saturated rings. The fourth-order valence-corrected chi connectivity index (χ4v) is 2.86. The van der Waals surface area contributed by atoms with Gasteiger partial charge in [0.2, 0.25) is 0 Å². The van der Waals surface area contributed by atoms with Crippen LogP contribution < -0.4 is 11.1 Å². The summed E-state index contributed by atoms with van der Waals surface area (Å²) in [5, 5.41) is 6.41. The molecular formula is C22H22N4O4. The normalized spacial score (nSPS) is 10.6. The number of carbonyl (C=O) groups excluding carboxylic acids is 3. The van der Waals surface area contributed by atoms with E-state index in [1.165, 1.54) is 0 Å². The predicted molar refractivity (Wildman–Crippen MR) is 111 cm³/mol. The minimum atomic E-state index is -1.01. The monoisotopic (exact) mass is 406 g/mol. The first kappa shape index (κ1) is 20.8. The third-order valence-electron chi connectivity index (χ3n) is 4.40. The smallest absolute Gasteiger partial charge is 0.342 e. The average molecular weight is 406 g/mol. The third kappa shape index (κ3) is 4.91. The number of carbonyl (C=O) groups is 3. The van der Waals surface area contributed by atoms with Crippen molar-refractivity contribution in [2.24, 2.45) is 5.73 Å². The molecule has 0 saturated carbocycles. The van der Waals surface area contributed by atoms with E-state index in [1.54, 1.807) is 10.9 Å². The van der Waals surface area contributed by atoms with Crippen LogP contribution in [0.5, 0.6) is 0 Å². The topological polar surface area (TPSA) is 116 Å². The molecule has 8 heteroatoms. The molecule has 8 nitrogen and oxygen atoms in total. The summed E-state index contributed by atoms with van der Waals surface area (Å²) in [7, 11) is 0. The first-order chi connectivity index (χ1) is 14.3. The number of para-hydroxylation sites is 1. The molecule has 3 N–H and O–H groups in total. The van der Waals surface area contributed by atoms with Gasteiger partial charge in [0.1, 0.15) is 11.3 Å².